The van der Waals surface area contributed by atoms with Crippen LogP contribution in [0.25, 0.3) is 0 Å². The summed E-state index contributed by atoms with van der Waals surface area (Å²) in [7, 11) is -3.09. The number of urea groups is 1. The van der Waals surface area contributed by atoms with Gasteiger partial charge in [0.05, 0.1) is 36.5 Å². The van der Waals surface area contributed by atoms with Gasteiger partial charge in [-0.15, -0.1) is 0 Å². The highest BCUT2D eigenvalue weighted by molar-refractivity contribution is 7.46. The predicted octanol–water partition coefficient (Wildman–Crippen LogP) is 5.84. The fraction of sp³-hybridized carbons (Fsp3) is 0.286. The van der Waals surface area contributed by atoms with Crippen LogP contribution in [0.2, 0.25) is 5.02 Å². The second-order valence-electron chi connectivity index (χ2n) is 9.82. The number of nitrogens with zero attached hydrogens (tertiary/aromatic N) is 2. The summed E-state index contributed by atoms with van der Waals surface area (Å²) in [6.07, 6.45) is 0.0834. The Labute approximate surface area is 254 Å². The molecule has 1 aliphatic heterocycles. The maximum absolute atomic E-state index is 15.0. The number of rotatable bonds is 11. The first-order valence-electron chi connectivity index (χ1n) is 13.1. The van der Waals surface area contributed by atoms with E-state index in [4.69, 9.17) is 26.1 Å². The Balaban J connectivity index is 1.57. The molecule has 4 rings (SSSR count). The standard InChI is InChI=1S/C28H27ClF4N3O7P/c1-15-18-5-4-16(27(37)34-13-19-22(32)11-17(30)12-23(19)33)10-24(18)36(28(38)35(15)2)14-20-21(31)6-7-25(26(20)29)42-8-3-9-43-44(39,40)41/h4-7,10-12,15H,3,8-9,13-14H2,1-2H3,(H,34,37)(H2,39,40,41)/t15-/m0/s1. The van der Waals surface area contributed by atoms with E-state index < -0.39 is 61.2 Å². The van der Waals surface area contributed by atoms with Crippen LogP contribution in [0.4, 0.5) is 28.0 Å². The van der Waals surface area contributed by atoms with Crippen LogP contribution in [-0.4, -0.2) is 46.9 Å². The first-order chi connectivity index (χ1) is 20.7. The summed E-state index contributed by atoms with van der Waals surface area (Å²) in [4.78, 5) is 46.5. The third kappa shape index (κ3) is 7.51. The molecule has 16 heteroatoms. The van der Waals surface area contributed by atoms with Crippen molar-refractivity contribution in [2.24, 2.45) is 0 Å². The fourth-order valence-electron chi connectivity index (χ4n) is 4.52. The van der Waals surface area contributed by atoms with Crippen molar-refractivity contribution in [3.05, 3.63) is 93.0 Å². The van der Waals surface area contributed by atoms with Gasteiger partial charge in [0, 0.05) is 48.8 Å². The summed E-state index contributed by atoms with van der Waals surface area (Å²) in [5.74, 6) is -4.87. The summed E-state index contributed by atoms with van der Waals surface area (Å²) in [6, 6.07) is 6.82. The van der Waals surface area contributed by atoms with Gasteiger partial charge in [0.25, 0.3) is 5.91 Å². The first-order valence-corrected chi connectivity index (χ1v) is 15.0. The van der Waals surface area contributed by atoms with Crippen molar-refractivity contribution >= 4 is 37.0 Å². The van der Waals surface area contributed by atoms with Crippen LogP contribution in [0.1, 0.15) is 46.4 Å². The average molecular weight is 660 g/mol. The molecule has 3 N–H and O–H groups in total. The number of carbonyl (C=O) groups excluding carboxylic acids is 2. The van der Waals surface area contributed by atoms with E-state index in [0.29, 0.717) is 17.7 Å². The molecule has 44 heavy (non-hydrogen) atoms. The van der Waals surface area contributed by atoms with E-state index >= 15 is 4.39 Å². The smallest absolute Gasteiger partial charge is 0.469 e. The Hall–Kier alpha value is -3.68. The Morgan fingerprint density at radius 3 is 2.36 bits per heavy atom. The van der Waals surface area contributed by atoms with E-state index in [2.05, 4.69) is 9.84 Å². The number of halogens is 5. The zero-order valence-electron chi connectivity index (χ0n) is 23.3. The number of phosphoric acid groups is 1. The van der Waals surface area contributed by atoms with Crippen LogP contribution >= 0.6 is 19.4 Å². The molecule has 3 aromatic rings. The number of hydrogen-bond donors (Lipinski definition) is 3. The van der Waals surface area contributed by atoms with Gasteiger partial charge < -0.3 is 24.7 Å². The molecule has 3 amide bonds. The monoisotopic (exact) mass is 659 g/mol. The van der Waals surface area contributed by atoms with Crippen LogP contribution in [0, 0.1) is 23.3 Å². The normalized spacial score (nSPS) is 14.9. The van der Waals surface area contributed by atoms with Crippen LogP contribution in [-0.2, 0) is 22.2 Å². The van der Waals surface area contributed by atoms with Crippen molar-refractivity contribution in [2.45, 2.75) is 32.5 Å². The van der Waals surface area contributed by atoms with E-state index in [1.807, 2.05) is 0 Å². The number of anilines is 1. The van der Waals surface area contributed by atoms with Gasteiger partial charge in [-0.3, -0.25) is 14.2 Å². The van der Waals surface area contributed by atoms with Crippen molar-refractivity contribution in [2.75, 3.05) is 25.2 Å². The van der Waals surface area contributed by atoms with Crippen LogP contribution in [0.3, 0.4) is 0 Å². The average Bonchev–Trinajstić information content (AvgIpc) is 2.95. The SMILES string of the molecule is C[C@H]1c2ccc(C(=O)NCc3c(F)cc(F)cc3F)cc2N(Cc2c(F)ccc(OCCCOP(=O)(O)O)c2Cl)C(=O)N1C. The van der Waals surface area contributed by atoms with Crippen molar-refractivity contribution in [1.29, 1.82) is 0 Å². The Bertz CT molecular complexity index is 1620. The molecule has 1 atom stereocenters. The van der Waals surface area contributed by atoms with Gasteiger partial charge in [0.1, 0.15) is 29.0 Å². The summed E-state index contributed by atoms with van der Waals surface area (Å²) in [6.45, 7) is 0.438. The van der Waals surface area contributed by atoms with E-state index in [1.165, 1.54) is 28.0 Å². The molecule has 0 unspecified atom stereocenters. The van der Waals surface area contributed by atoms with Gasteiger partial charge in [-0.25, -0.2) is 26.9 Å². The summed E-state index contributed by atoms with van der Waals surface area (Å²) in [5.41, 5.74) is 0.278. The zero-order valence-corrected chi connectivity index (χ0v) is 25.0. The molecule has 0 aromatic heterocycles. The maximum Gasteiger partial charge on any atom is 0.469 e. The first kappa shape index (κ1) is 33.2. The highest BCUT2D eigenvalue weighted by Gasteiger charge is 2.35. The molecule has 0 saturated heterocycles. The quantitative estimate of drug-likeness (QED) is 0.134. The van der Waals surface area contributed by atoms with Gasteiger partial charge in [-0.05, 0) is 36.8 Å². The largest absolute Gasteiger partial charge is 0.492 e. The van der Waals surface area contributed by atoms with Crippen LogP contribution in [0.5, 0.6) is 5.75 Å². The minimum atomic E-state index is -4.64. The molecule has 0 saturated carbocycles. The molecule has 0 radical (unpaired) electrons. The third-order valence-electron chi connectivity index (χ3n) is 6.95. The molecule has 0 fully saturated rings. The van der Waals surface area contributed by atoms with E-state index in [0.717, 1.165) is 6.07 Å². The highest BCUT2D eigenvalue weighted by Crippen LogP contribution is 2.40. The lowest BCUT2D eigenvalue weighted by Crippen LogP contribution is -2.46. The molecule has 10 nitrogen and oxygen atoms in total. The lowest BCUT2D eigenvalue weighted by molar-refractivity contribution is 0.0950. The van der Waals surface area contributed by atoms with Crippen molar-refractivity contribution in [1.82, 2.24) is 10.2 Å². The Kier molecular flexibility index (Phi) is 10.2. The summed E-state index contributed by atoms with van der Waals surface area (Å²) >= 11 is 6.45. The molecule has 3 aromatic carbocycles. The van der Waals surface area contributed by atoms with Crippen LogP contribution < -0.4 is 15.0 Å². The van der Waals surface area contributed by atoms with Gasteiger partial charge >= 0.3 is 13.9 Å². The third-order valence-corrected chi connectivity index (χ3v) is 7.88. The van der Waals surface area contributed by atoms with Gasteiger partial charge in [0.15, 0.2) is 0 Å². The van der Waals surface area contributed by atoms with Gasteiger partial charge in [-0.2, -0.15) is 0 Å². The summed E-state index contributed by atoms with van der Waals surface area (Å²) in [5, 5.41) is 2.23. The molecule has 1 heterocycles. The molecular weight excluding hydrogens is 633 g/mol. The zero-order chi connectivity index (χ0) is 32.3. The molecule has 0 bridgehead atoms. The van der Waals surface area contributed by atoms with E-state index in [1.54, 1.807) is 20.0 Å². The van der Waals surface area contributed by atoms with Crippen molar-refractivity contribution < 1.29 is 50.8 Å². The number of benzene rings is 3. The maximum atomic E-state index is 15.0. The van der Waals surface area contributed by atoms with E-state index in [-0.39, 0.29) is 53.8 Å². The minimum absolute atomic E-state index is 0.0300. The number of ether oxygens (including phenoxy) is 1. The number of amides is 3. The van der Waals surface area contributed by atoms with Crippen molar-refractivity contribution in [3.8, 4) is 5.75 Å². The molecule has 1 aliphatic rings. The second kappa shape index (κ2) is 13.5. The van der Waals surface area contributed by atoms with E-state index in [9.17, 15) is 27.3 Å². The van der Waals surface area contributed by atoms with Crippen LogP contribution in [0.15, 0.2) is 42.5 Å². The number of hydrogen-bond acceptors (Lipinski definition) is 5. The number of nitrogens with one attached hydrogen (secondary N) is 1. The topological polar surface area (TPSA) is 129 Å². The Morgan fingerprint density at radius 2 is 1.70 bits per heavy atom. The molecule has 0 spiro atoms. The van der Waals surface area contributed by atoms with Crippen molar-refractivity contribution in [3.63, 3.8) is 0 Å². The number of fused-ring (bicyclic) bond motifs is 1. The van der Waals surface area contributed by atoms with Gasteiger partial charge in [-0.1, -0.05) is 17.7 Å². The fourth-order valence-corrected chi connectivity index (χ4v) is 5.15. The summed E-state index contributed by atoms with van der Waals surface area (Å²) < 4.78 is 77.1. The lowest BCUT2D eigenvalue weighted by atomic mass is 9.98. The van der Waals surface area contributed by atoms with Gasteiger partial charge in [0.2, 0.25) is 0 Å². The molecule has 236 valence electrons. The minimum Gasteiger partial charge on any atom is -0.492 e. The predicted molar refractivity (Wildman–Crippen MR) is 151 cm³/mol. The molecule has 0 aliphatic carbocycles. The number of phosphoric ester groups is 1. The Morgan fingerprint density at radius 1 is 1.02 bits per heavy atom. The highest BCUT2D eigenvalue weighted by atomic mass is 35.5. The number of carbonyl (C=O) groups is 2. The molecular formula is C28H27ClF4N3O7P. The lowest BCUT2D eigenvalue weighted by Gasteiger charge is -2.40. The second-order valence-corrected chi connectivity index (χ2v) is 11.4.